The summed E-state index contributed by atoms with van der Waals surface area (Å²) >= 11 is 7.74. The number of benzene rings is 2. The molecule has 0 aliphatic carbocycles. The highest BCUT2D eigenvalue weighted by Crippen LogP contribution is 2.28. The summed E-state index contributed by atoms with van der Waals surface area (Å²) in [5.74, 6) is -0.109. The number of halogens is 1. The summed E-state index contributed by atoms with van der Waals surface area (Å²) in [4.78, 5) is 18.8. The number of hydrogen-bond acceptors (Lipinski definition) is 4. The molecule has 0 saturated carbocycles. The van der Waals surface area contributed by atoms with E-state index in [-0.39, 0.29) is 11.9 Å². The summed E-state index contributed by atoms with van der Waals surface area (Å²) in [7, 11) is 0. The molecule has 1 aliphatic rings. The van der Waals surface area contributed by atoms with Gasteiger partial charge >= 0.3 is 0 Å². The predicted octanol–water partition coefficient (Wildman–Crippen LogP) is 3.57. The lowest BCUT2D eigenvalue weighted by Crippen LogP contribution is -3.14. The van der Waals surface area contributed by atoms with Gasteiger partial charge in [0.15, 0.2) is 11.6 Å². The average Bonchev–Trinajstić information content (AvgIpc) is 3.12. The Morgan fingerprint density at radius 2 is 2.18 bits per heavy atom. The number of nitrogens with one attached hydrogen (secondary N) is 2. The number of aromatic nitrogens is 1. The monoisotopic (exact) mass is 411 g/mol. The summed E-state index contributed by atoms with van der Waals surface area (Å²) in [5, 5.41) is 13.7. The Morgan fingerprint density at radius 1 is 1.32 bits per heavy atom. The van der Waals surface area contributed by atoms with Crippen molar-refractivity contribution in [3.05, 3.63) is 58.1 Å². The molecule has 3 aromatic rings. The highest BCUT2D eigenvalue weighted by Gasteiger charge is 2.32. The lowest BCUT2D eigenvalue weighted by atomic mass is 10.0. The highest BCUT2D eigenvalue weighted by molar-refractivity contribution is 7.18. The van der Waals surface area contributed by atoms with E-state index in [0.29, 0.717) is 22.8 Å². The average molecular weight is 412 g/mol. The van der Waals surface area contributed by atoms with E-state index >= 15 is 0 Å². The van der Waals surface area contributed by atoms with Gasteiger partial charge in [0.1, 0.15) is 12.1 Å². The van der Waals surface area contributed by atoms with Crippen LogP contribution in [0.2, 0.25) is 5.02 Å². The number of thiazole rings is 1. The zero-order chi connectivity index (χ0) is 19.5. The molecule has 1 aliphatic heterocycles. The fourth-order valence-electron chi connectivity index (χ4n) is 3.75. The van der Waals surface area contributed by atoms with E-state index in [4.69, 9.17) is 16.6 Å². The van der Waals surface area contributed by atoms with Gasteiger partial charge < -0.3 is 10.2 Å². The molecule has 0 bridgehead atoms. The molecule has 5 nitrogen and oxygen atoms in total. The van der Waals surface area contributed by atoms with Gasteiger partial charge in [-0.25, -0.2) is 4.98 Å². The minimum absolute atomic E-state index is 0.109. The molecule has 0 radical (unpaired) electrons. The second kappa shape index (κ2) is 8.27. The zero-order valence-electron chi connectivity index (χ0n) is 15.2. The van der Waals surface area contributed by atoms with E-state index in [1.54, 1.807) is 29.5 Å². The van der Waals surface area contributed by atoms with Gasteiger partial charge in [-0.05, 0) is 43.2 Å². The summed E-state index contributed by atoms with van der Waals surface area (Å²) in [6.07, 6.45) is 3.28. The van der Waals surface area contributed by atoms with Crippen LogP contribution in [0.4, 0.5) is 5.69 Å². The van der Waals surface area contributed by atoms with Crippen LogP contribution in [0.3, 0.4) is 0 Å². The van der Waals surface area contributed by atoms with Gasteiger partial charge in [-0.2, -0.15) is 5.26 Å². The molecule has 2 heterocycles. The van der Waals surface area contributed by atoms with E-state index in [2.05, 4.69) is 17.5 Å². The fraction of sp³-hybridized carbons (Fsp3) is 0.286. The molecule has 28 heavy (non-hydrogen) atoms. The SMILES string of the molecule is N#Cc1ccc(Cl)cc1NC(=O)C[NH+]1CCCC[C@H]1c1nc2ccccc2s1. The van der Waals surface area contributed by atoms with Crippen molar-refractivity contribution in [2.45, 2.75) is 25.3 Å². The smallest absolute Gasteiger partial charge is 0.279 e. The number of carbonyl (C=O) groups is 1. The number of anilines is 1. The lowest BCUT2D eigenvalue weighted by Gasteiger charge is -2.30. The summed E-state index contributed by atoms with van der Waals surface area (Å²) in [5.41, 5.74) is 1.90. The highest BCUT2D eigenvalue weighted by atomic mass is 35.5. The van der Waals surface area contributed by atoms with E-state index in [1.807, 2.05) is 18.2 Å². The van der Waals surface area contributed by atoms with E-state index < -0.39 is 0 Å². The molecule has 1 unspecified atom stereocenters. The van der Waals surface area contributed by atoms with Gasteiger partial charge in [-0.3, -0.25) is 4.79 Å². The number of para-hydroxylation sites is 1. The molecule has 2 N–H and O–H groups in total. The first-order chi connectivity index (χ1) is 13.6. The summed E-state index contributed by atoms with van der Waals surface area (Å²) in [6.45, 7) is 1.28. The Kier molecular flexibility index (Phi) is 5.58. The Hall–Kier alpha value is -2.46. The van der Waals surface area contributed by atoms with Crippen molar-refractivity contribution in [2.75, 3.05) is 18.4 Å². The lowest BCUT2D eigenvalue weighted by molar-refractivity contribution is -0.929. The molecule has 0 spiro atoms. The number of piperidine rings is 1. The maximum absolute atomic E-state index is 12.7. The van der Waals surface area contributed by atoms with Crippen molar-refractivity contribution in [1.29, 1.82) is 5.26 Å². The van der Waals surface area contributed by atoms with E-state index in [0.717, 1.165) is 36.3 Å². The zero-order valence-corrected chi connectivity index (χ0v) is 16.8. The van der Waals surface area contributed by atoms with Crippen LogP contribution < -0.4 is 10.2 Å². The van der Waals surface area contributed by atoms with Gasteiger partial charge in [0.25, 0.3) is 5.91 Å². The van der Waals surface area contributed by atoms with Gasteiger partial charge in [-0.1, -0.05) is 23.7 Å². The van der Waals surface area contributed by atoms with Crippen LogP contribution in [-0.2, 0) is 4.79 Å². The number of amides is 1. The van der Waals surface area contributed by atoms with Crippen LogP contribution in [0.25, 0.3) is 10.2 Å². The van der Waals surface area contributed by atoms with Gasteiger partial charge in [0.2, 0.25) is 0 Å². The molecule has 7 heteroatoms. The topological polar surface area (TPSA) is 70.2 Å². The van der Waals surface area contributed by atoms with Crippen LogP contribution in [0.5, 0.6) is 0 Å². The van der Waals surface area contributed by atoms with E-state index in [1.165, 1.54) is 9.60 Å². The standard InChI is InChI=1S/C21H19ClN4OS/c22-15-9-8-14(12-23)17(11-15)24-20(27)13-26-10-4-3-6-18(26)21-25-16-5-1-2-7-19(16)28-21/h1-2,5,7-9,11,18H,3-4,6,10,13H2,(H,24,27)/p+1/t18-/m0/s1. The third-order valence-corrected chi connectivity index (χ3v) is 6.49. The summed E-state index contributed by atoms with van der Waals surface area (Å²) in [6, 6.07) is 15.4. The molecule has 1 saturated heterocycles. The van der Waals surface area contributed by atoms with Crippen LogP contribution >= 0.6 is 22.9 Å². The second-order valence-corrected chi connectivity index (χ2v) is 8.50. The van der Waals surface area contributed by atoms with Crippen LogP contribution in [-0.4, -0.2) is 24.0 Å². The molecular formula is C21H20ClN4OS+. The molecule has 2 atom stereocenters. The number of rotatable bonds is 4. The first-order valence-corrected chi connectivity index (χ1v) is 10.5. The largest absolute Gasteiger partial charge is 0.320 e. The van der Waals surface area contributed by atoms with Gasteiger partial charge in [0.05, 0.1) is 28.0 Å². The number of hydrogen-bond donors (Lipinski definition) is 2. The molecule has 1 aromatic heterocycles. The minimum Gasteiger partial charge on any atom is -0.320 e. The first-order valence-electron chi connectivity index (χ1n) is 9.33. The van der Waals surface area contributed by atoms with Gasteiger partial charge in [0, 0.05) is 11.4 Å². The molecular weight excluding hydrogens is 392 g/mol. The Morgan fingerprint density at radius 3 is 3.00 bits per heavy atom. The van der Waals surface area contributed by atoms with Crippen molar-refractivity contribution < 1.29 is 9.69 Å². The van der Waals surface area contributed by atoms with Crippen LogP contribution in [0.1, 0.15) is 35.9 Å². The second-order valence-electron chi connectivity index (χ2n) is 7.00. The molecule has 142 valence electrons. The number of likely N-dealkylation sites (tertiary alicyclic amines) is 1. The van der Waals surface area contributed by atoms with Crippen molar-refractivity contribution >= 4 is 44.7 Å². The maximum atomic E-state index is 12.7. The predicted molar refractivity (Wildman–Crippen MR) is 112 cm³/mol. The number of carbonyl (C=O) groups excluding carboxylic acids is 1. The van der Waals surface area contributed by atoms with Crippen LogP contribution in [0.15, 0.2) is 42.5 Å². The van der Waals surface area contributed by atoms with Crippen molar-refractivity contribution in [3.8, 4) is 6.07 Å². The minimum atomic E-state index is -0.109. The van der Waals surface area contributed by atoms with Crippen molar-refractivity contribution in [3.63, 3.8) is 0 Å². The van der Waals surface area contributed by atoms with E-state index in [9.17, 15) is 10.1 Å². The molecule has 2 aromatic carbocycles. The fourth-order valence-corrected chi connectivity index (χ4v) is 5.08. The Balaban J connectivity index is 1.51. The number of nitriles is 1. The van der Waals surface area contributed by atoms with Crippen LogP contribution in [0, 0.1) is 11.3 Å². The first kappa shape index (κ1) is 18.9. The molecule has 4 rings (SSSR count). The number of nitrogens with zero attached hydrogens (tertiary/aromatic N) is 2. The van der Waals surface area contributed by atoms with Crippen molar-refractivity contribution in [1.82, 2.24) is 4.98 Å². The Bertz CT molecular complexity index is 1020. The van der Waals surface area contributed by atoms with Crippen molar-refractivity contribution in [2.24, 2.45) is 0 Å². The third-order valence-electron chi connectivity index (χ3n) is 5.11. The Labute approximate surface area is 172 Å². The summed E-state index contributed by atoms with van der Waals surface area (Å²) < 4.78 is 1.18. The normalized spacial score (nSPS) is 19.3. The third kappa shape index (κ3) is 4.02. The van der Waals surface area contributed by atoms with Gasteiger partial charge in [-0.15, -0.1) is 11.3 Å². The maximum Gasteiger partial charge on any atom is 0.279 e. The molecule has 1 amide bonds. The number of fused-ring (bicyclic) bond motifs is 1. The molecule has 1 fully saturated rings. The quantitative estimate of drug-likeness (QED) is 0.689. The number of quaternary nitrogens is 1.